The number of aromatic nitrogens is 1. The molecule has 0 aliphatic carbocycles. The number of nitrogens with zero attached hydrogens (tertiary/aromatic N) is 2. The lowest BCUT2D eigenvalue weighted by molar-refractivity contribution is -0.139. The summed E-state index contributed by atoms with van der Waals surface area (Å²) >= 11 is 7.04. The molecule has 2 heterocycles. The van der Waals surface area contributed by atoms with E-state index in [0.29, 0.717) is 54.7 Å². The van der Waals surface area contributed by atoms with Crippen molar-refractivity contribution in [2.45, 2.75) is 26.8 Å². The summed E-state index contributed by atoms with van der Waals surface area (Å²) in [6, 6.07) is 6.42. The van der Waals surface area contributed by atoms with E-state index < -0.39 is 12.0 Å². The van der Waals surface area contributed by atoms with Gasteiger partial charge in [0.1, 0.15) is 0 Å². The van der Waals surface area contributed by atoms with Gasteiger partial charge in [-0.3, -0.25) is 9.36 Å². The Morgan fingerprint density at radius 2 is 1.75 bits per heavy atom. The second kappa shape index (κ2) is 12.8. The van der Waals surface area contributed by atoms with Gasteiger partial charge in [-0.05, 0) is 84.8 Å². The molecule has 3 aromatic rings. The first-order valence-corrected chi connectivity index (χ1v) is 15.0. The largest absolute Gasteiger partial charge is 0.493 e. The Labute approximate surface area is 257 Å². The van der Waals surface area contributed by atoms with E-state index in [9.17, 15) is 9.59 Å². The van der Waals surface area contributed by atoms with Gasteiger partial charge >= 0.3 is 5.97 Å². The van der Waals surface area contributed by atoms with Crippen molar-refractivity contribution in [1.29, 1.82) is 0 Å². The molecule has 1 atom stereocenters. The van der Waals surface area contributed by atoms with Crippen LogP contribution in [0.1, 0.15) is 37.9 Å². The van der Waals surface area contributed by atoms with Crippen LogP contribution in [-0.2, 0) is 9.53 Å². The molecule has 0 spiro atoms. The lowest BCUT2D eigenvalue weighted by Crippen LogP contribution is -2.40. The Morgan fingerprint density at radius 1 is 1.07 bits per heavy atom. The highest BCUT2D eigenvalue weighted by Crippen LogP contribution is 2.41. The van der Waals surface area contributed by atoms with E-state index in [-0.39, 0.29) is 17.7 Å². The van der Waals surface area contributed by atoms with E-state index >= 15 is 0 Å². The average molecular weight is 743 g/mol. The second-order valence-electron chi connectivity index (χ2n) is 8.50. The van der Waals surface area contributed by atoms with Crippen molar-refractivity contribution in [3.8, 4) is 23.0 Å². The van der Waals surface area contributed by atoms with Crippen LogP contribution in [0.25, 0.3) is 6.08 Å². The van der Waals surface area contributed by atoms with Crippen molar-refractivity contribution in [2.75, 3.05) is 34.5 Å². The molecular weight excluding hydrogens is 715 g/mol. The van der Waals surface area contributed by atoms with E-state index in [1.165, 1.54) is 30.1 Å². The monoisotopic (exact) mass is 742 g/mol. The number of rotatable bonds is 9. The van der Waals surface area contributed by atoms with Crippen LogP contribution in [0, 0.1) is 3.57 Å². The summed E-state index contributed by atoms with van der Waals surface area (Å²) in [6.07, 6.45) is 1.79. The van der Waals surface area contributed by atoms with Crippen LogP contribution in [-0.4, -0.2) is 45.1 Å². The highest BCUT2D eigenvalue weighted by Gasteiger charge is 2.35. The molecule has 0 radical (unpaired) electrons. The highest BCUT2D eigenvalue weighted by molar-refractivity contribution is 14.1. The minimum Gasteiger partial charge on any atom is -0.493 e. The van der Waals surface area contributed by atoms with Crippen molar-refractivity contribution in [2.24, 2.45) is 4.99 Å². The number of thiazole rings is 1. The summed E-state index contributed by atoms with van der Waals surface area (Å²) in [7, 11) is 4.64. The van der Waals surface area contributed by atoms with Gasteiger partial charge in [-0.15, -0.1) is 0 Å². The normalized spacial score (nSPS) is 14.9. The van der Waals surface area contributed by atoms with Crippen molar-refractivity contribution >= 4 is 61.9 Å². The second-order valence-corrected chi connectivity index (χ2v) is 11.5. The number of halogens is 2. The van der Waals surface area contributed by atoms with Gasteiger partial charge in [0.2, 0.25) is 0 Å². The molecule has 4 rings (SSSR count). The Hall–Kier alpha value is -2.84. The molecule has 0 fully saturated rings. The number of carbonyl (C=O) groups is 1. The van der Waals surface area contributed by atoms with Gasteiger partial charge < -0.3 is 23.7 Å². The number of esters is 1. The molecule has 12 heteroatoms. The molecule has 1 aliphatic rings. The Kier molecular flexibility index (Phi) is 9.62. The first kappa shape index (κ1) is 30.1. The molecule has 2 aromatic carbocycles. The van der Waals surface area contributed by atoms with Gasteiger partial charge in [0.25, 0.3) is 5.56 Å². The van der Waals surface area contributed by atoms with Crippen LogP contribution in [0.4, 0.5) is 0 Å². The standard InChI is InChI=1S/C28H28BrIN2O7S/c1-7-38-25-18(30)9-15(10-21(25)37-6)11-22-26(33)32-24(16-12-19(35-4)20(36-5)13-17(16)29)23(27(34)39-8-2)14(3)31-28(32)40-22/h9-13,24H,7-8H2,1-6H3/b22-11-/t24-/m1/s1. The minimum atomic E-state index is -0.818. The molecule has 0 N–H and O–H groups in total. The fraction of sp³-hybridized carbons (Fsp3) is 0.321. The first-order chi connectivity index (χ1) is 19.2. The predicted molar refractivity (Wildman–Crippen MR) is 165 cm³/mol. The van der Waals surface area contributed by atoms with Gasteiger partial charge in [0.15, 0.2) is 27.8 Å². The van der Waals surface area contributed by atoms with Crippen LogP contribution >= 0.6 is 49.9 Å². The van der Waals surface area contributed by atoms with E-state index in [0.717, 1.165) is 9.13 Å². The Balaban J connectivity index is 1.98. The number of fused-ring (bicyclic) bond motifs is 1. The van der Waals surface area contributed by atoms with Crippen LogP contribution in [0.3, 0.4) is 0 Å². The number of ether oxygens (including phenoxy) is 5. The fourth-order valence-electron chi connectivity index (χ4n) is 4.42. The van der Waals surface area contributed by atoms with Crippen LogP contribution in [0.15, 0.2) is 49.8 Å². The van der Waals surface area contributed by atoms with Crippen molar-refractivity contribution < 1.29 is 28.5 Å². The quantitative estimate of drug-likeness (QED) is 0.234. The topological polar surface area (TPSA) is 97.6 Å². The van der Waals surface area contributed by atoms with E-state index in [1.54, 1.807) is 39.2 Å². The molecule has 1 aliphatic heterocycles. The smallest absolute Gasteiger partial charge is 0.338 e. The summed E-state index contributed by atoms with van der Waals surface area (Å²) in [5.41, 5.74) is 1.83. The molecule has 0 amide bonds. The minimum absolute atomic E-state index is 0.179. The molecule has 0 unspecified atom stereocenters. The van der Waals surface area contributed by atoms with Crippen LogP contribution in [0.5, 0.6) is 23.0 Å². The zero-order chi connectivity index (χ0) is 29.1. The first-order valence-electron chi connectivity index (χ1n) is 12.3. The molecule has 0 saturated heterocycles. The number of methoxy groups -OCH3 is 3. The molecule has 0 bridgehead atoms. The number of benzene rings is 2. The molecule has 212 valence electrons. The summed E-state index contributed by atoms with van der Waals surface area (Å²) in [5.74, 6) is 1.63. The zero-order valence-corrected chi connectivity index (χ0v) is 27.4. The van der Waals surface area contributed by atoms with Crippen molar-refractivity contribution in [1.82, 2.24) is 4.57 Å². The lowest BCUT2D eigenvalue weighted by Gasteiger charge is -2.26. The maximum Gasteiger partial charge on any atom is 0.338 e. The summed E-state index contributed by atoms with van der Waals surface area (Å²) < 4.78 is 31.1. The Morgan fingerprint density at radius 3 is 2.38 bits per heavy atom. The van der Waals surface area contributed by atoms with Gasteiger partial charge in [-0.25, -0.2) is 9.79 Å². The molecule has 40 heavy (non-hydrogen) atoms. The number of hydrogen-bond acceptors (Lipinski definition) is 9. The van der Waals surface area contributed by atoms with E-state index in [1.807, 2.05) is 19.1 Å². The highest BCUT2D eigenvalue weighted by atomic mass is 127. The number of carbonyl (C=O) groups excluding carboxylic acids is 1. The van der Waals surface area contributed by atoms with Gasteiger partial charge in [-0.2, -0.15) is 0 Å². The summed E-state index contributed by atoms with van der Waals surface area (Å²) in [6.45, 7) is 6.06. The fourth-order valence-corrected chi connectivity index (χ4v) is 6.79. The van der Waals surface area contributed by atoms with Gasteiger partial charge in [0, 0.05) is 4.47 Å². The zero-order valence-electron chi connectivity index (χ0n) is 22.8. The van der Waals surface area contributed by atoms with Crippen LogP contribution in [0.2, 0.25) is 0 Å². The van der Waals surface area contributed by atoms with E-state index in [4.69, 9.17) is 23.7 Å². The predicted octanol–water partition coefficient (Wildman–Crippen LogP) is 4.59. The molecule has 9 nitrogen and oxygen atoms in total. The van der Waals surface area contributed by atoms with Gasteiger partial charge in [0.05, 0.1) is 60.0 Å². The summed E-state index contributed by atoms with van der Waals surface area (Å²) in [5, 5.41) is 0. The molecule has 1 aromatic heterocycles. The maximum absolute atomic E-state index is 14.0. The van der Waals surface area contributed by atoms with Crippen molar-refractivity contribution in [3.63, 3.8) is 0 Å². The Bertz CT molecular complexity index is 1680. The number of allylic oxidation sites excluding steroid dienone is 1. The third kappa shape index (κ3) is 5.66. The third-order valence-corrected chi connectivity index (χ3v) is 8.62. The van der Waals surface area contributed by atoms with Gasteiger partial charge in [-0.1, -0.05) is 27.3 Å². The third-order valence-electron chi connectivity index (χ3n) is 6.15. The summed E-state index contributed by atoms with van der Waals surface area (Å²) in [4.78, 5) is 32.4. The maximum atomic E-state index is 14.0. The SMILES string of the molecule is CCOC(=O)C1=C(C)N=c2s/c(=C\c3cc(I)c(OCC)c(OC)c3)c(=O)n2[C@@H]1c1cc(OC)c(OC)cc1Br. The average Bonchev–Trinajstić information content (AvgIpc) is 3.23. The lowest BCUT2D eigenvalue weighted by atomic mass is 9.95. The molecule has 0 saturated carbocycles. The van der Waals surface area contributed by atoms with Crippen molar-refractivity contribution in [3.05, 3.63) is 74.4 Å². The molecular formula is C28H28BrIN2O7S. The number of hydrogen-bond donors (Lipinski definition) is 0. The van der Waals surface area contributed by atoms with Crippen LogP contribution < -0.4 is 33.8 Å². The van der Waals surface area contributed by atoms with E-state index in [2.05, 4.69) is 43.5 Å².